The fraction of sp³-hybridized carbons (Fsp3) is 0.545. The third kappa shape index (κ3) is 3.75. The van der Waals surface area contributed by atoms with Crippen molar-refractivity contribution in [1.82, 2.24) is 4.98 Å². The molecular formula is C11H18N2O. The van der Waals surface area contributed by atoms with Crippen LogP contribution in [0.5, 0.6) is 0 Å². The number of nitrogens with zero attached hydrogens (tertiary/aromatic N) is 1. The Bertz CT molecular complexity index is 276. The van der Waals surface area contributed by atoms with E-state index in [1.165, 1.54) is 0 Å². The minimum Gasteiger partial charge on any atom is -0.385 e. The maximum absolute atomic E-state index is 5.01. The summed E-state index contributed by atoms with van der Waals surface area (Å²) < 4.78 is 5.01. The highest BCUT2D eigenvalue weighted by atomic mass is 16.5. The van der Waals surface area contributed by atoms with Crippen molar-refractivity contribution in [1.29, 1.82) is 0 Å². The highest BCUT2D eigenvalue weighted by molar-refractivity contribution is 5.35. The minimum absolute atomic E-state index is 0.393. The van der Waals surface area contributed by atoms with E-state index >= 15 is 0 Å². The van der Waals surface area contributed by atoms with Crippen LogP contribution in [0.25, 0.3) is 0 Å². The summed E-state index contributed by atoms with van der Waals surface area (Å²) in [4.78, 5) is 4.37. The van der Waals surface area contributed by atoms with Gasteiger partial charge in [0.05, 0.1) is 0 Å². The predicted octanol–water partition coefficient (Wildman–Crippen LogP) is 2.23. The van der Waals surface area contributed by atoms with Crippen molar-refractivity contribution in [3.63, 3.8) is 0 Å². The number of nitrogens with one attached hydrogen (secondary N) is 1. The van der Waals surface area contributed by atoms with E-state index in [9.17, 15) is 0 Å². The van der Waals surface area contributed by atoms with Crippen molar-refractivity contribution < 1.29 is 4.74 Å². The van der Waals surface area contributed by atoms with Gasteiger partial charge in [-0.3, -0.25) is 0 Å². The van der Waals surface area contributed by atoms with E-state index in [-0.39, 0.29) is 0 Å². The summed E-state index contributed by atoms with van der Waals surface area (Å²) in [5.74, 6) is 0.939. The van der Waals surface area contributed by atoms with Gasteiger partial charge in [0.25, 0.3) is 0 Å². The molecule has 0 spiro atoms. The van der Waals surface area contributed by atoms with Crippen molar-refractivity contribution in [3.05, 3.63) is 23.9 Å². The van der Waals surface area contributed by atoms with Gasteiger partial charge in [0.2, 0.25) is 0 Å². The minimum atomic E-state index is 0.393. The molecule has 0 radical (unpaired) electrons. The summed E-state index contributed by atoms with van der Waals surface area (Å²) in [5, 5.41) is 3.33. The number of aryl methyl sites for hydroxylation is 1. The maximum atomic E-state index is 5.01. The second-order valence-electron chi connectivity index (χ2n) is 3.49. The Labute approximate surface area is 85.5 Å². The molecule has 1 unspecified atom stereocenters. The first-order chi connectivity index (χ1) is 6.72. The number of hydrogen-bond donors (Lipinski definition) is 1. The van der Waals surface area contributed by atoms with E-state index in [2.05, 4.69) is 17.2 Å². The van der Waals surface area contributed by atoms with Crippen molar-refractivity contribution in [2.75, 3.05) is 19.0 Å². The fourth-order valence-electron chi connectivity index (χ4n) is 1.24. The summed E-state index contributed by atoms with van der Waals surface area (Å²) >= 11 is 0. The van der Waals surface area contributed by atoms with Crippen molar-refractivity contribution in [2.24, 2.45) is 0 Å². The molecule has 1 N–H and O–H groups in total. The van der Waals surface area contributed by atoms with Gasteiger partial charge in [0.15, 0.2) is 0 Å². The monoisotopic (exact) mass is 194 g/mol. The second kappa shape index (κ2) is 5.60. The quantitative estimate of drug-likeness (QED) is 0.780. The number of pyridine rings is 1. The highest BCUT2D eigenvalue weighted by Gasteiger charge is 2.01. The van der Waals surface area contributed by atoms with Crippen LogP contribution in [0.15, 0.2) is 18.2 Å². The normalized spacial score (nSPS) is 12.5. The lowest BCUT2D eigenvalue weighted by molar-refractivity contribution is 0.191. The van der Waals surface area contributed by atoms with Crippen molar-refractivity contribution >= 4 is 5.82 Å². The first kappa shape index (κ1) is 11.0. The SMILES string of the molecule is COCCC(C)Nc1cccc(C)n1. The van der Waals surface area contributed by atoms with E-state index in [1.807, 2.05) is 25.1 Å². The summed E-state index contributed by atoms with van der Waals surface area (Å²) in [6.07, 6.45) is 0.992. The fourth-order valence-corrected chi connectivity index (χ4v) is 1.24. The molecule has 0 amide bonds. The molecule has 3 nitrogen and oxygen atoms in total. The summed E-state index contributed by atoms with van der Waals surface area (Å²) in [7, 11) is 1.72. The van der Waals surface area contributed by atoms with E-state index < -0.39 is 0 Å². The van der Waals surface area contributed by atoms with E-state index in [1.54, 1.807) is 7.11 Å². The van der Waals surface area contributed by atoms with E-state index in [0.29, 0.717) is 6.04 Å². The molecule has 0 bridgehead atoms. The van der Waals surface area contributed by atoms with E-state index in [4.69, 9.17) is 4.74 Å². The molecule has 14 heavy (non-hydrogen) atoms. The molecule has 0 fully saturated rings. The third-order valence-corrected chi connectivity index (χ3v) is 2.04. The van der Waals surface area contributed by atoms with Crippen LogP contribution in [0, 0.1) is 6.92 Å². The zero-order valence-electron chi connectivity index (χ0n) is 9.08. The molecule has 0 aliphatic carbocycles. The molecule has 0 saturated carbocycles. The van der Waals surface area contributed by atoms with Gasteiger partial charge in [-0.2, -0.15) is 0 Å². The number of methoxy groups -OCH3 is 1. The highest BCUT2D eigenvalue weighted by Crippen LogP contribution is 2.06. The molecule has 1 aromatic rings. The number of rotatable bonds is 5. The zero-order valence-corrected chi connectivity index (χ0v) is 9.08. The Balaban J connectivity index is 2.43. The smallest absolute Gasteiger partial charge is 0.126 e. The van der Waals surface area contributed by atoms with Gasteiger partial charge in [-0.25, -0.2) is 4.98 Å². The summed E-state index contributed by atoms with van der Waals surface area (Å²) in [5.41, 5.74) is 1.04. The molecule has 0 aliphatic rings. The first-order valence-electron chi connectivity index (χ1n) is 4.91. The third-order valence-electron chi connectivity index (χ3n) is 2.04. The number of hydrogen-bond acceptors (Lipinski definition) is 3. The van der Waals surface area contributed by atoms with Crippen LogP contribution in [0.4, 0.5) is 5.82 Å². The topological polar surface area (TPSA) is 34.1 Å². The molecule has 3 heteroatoms. The molecule has 1 atom stereocenters. The van der Waals surface area contributed by atoms with Crippen LogP contribution < -0.4 is 5.32 Å². The molecule has 0 aliphatic heterocycles. The lowest BCUT2D eigenvalue weighted by Crippen LogP contribution is -2.17. The Morgan fingerprint density at radius 1 is 1.50 bits per heavy atom. The van der Waals surface area contributed by atoms with Gasteiger partial charge >= 0.3 is 0 Å². The molecule has 78 valence electrons. The van der Waals surface area contributed by atoms with Crippen LogP contribution in [-0.4, -0.2) is 24.7 Å². The average molecular weight is 194 g/mol. The van der Waals surface area contributed by atoms with Crippen LogP contribution in [0.2, 0.25) is 0 Å². The van der Waals surface area contributed by atoms with Crippen molar-refractivity contribution in [3.8, 4) is 0 Å². The standard InChI is InChI=1S/C11H18N2O/c1-9-5-4-6-11(12-9)13-10(2)7-8-14-3/h4-6,10H,7-8H2,1-3H3,(H,12,13). The lowest BCUT2D eigenvalue weighted by atomic mass is 10.2. The van der Waals surface area contributed by atoms with Crippen LogP contribution in [-0.2, 0) is 4.74 Å². The predicted molar refractivity (Wildman–Crippen MR) is 58.6 cm³/mol. The van der Waals surface area contributed by atoms with Gasteiger partial charge in [0, 0.05) is 25.5 Å². The van der Waals surface area contributed by atoms with Crippen LogP contribution in [0.1, 0.15) is 19.0 Å². The largest absolute Gasteiger partial charge is 0.385 e. The zero-order chi connectivity index (χ0) is 10.4. The molecule has 0 aromatic carbocycles. The lowest BCUT2D eigenvalue weighted by Gasteiger charge is -2.13. The average Bonchev–Trinajstić information content (AvgIpc) is 2.15. The molecular weight excluding hydrogens is 176 g/mol. The van der Waals surface area contributed by atoms with Gasteiger partial charge in [-0.15, -0.1) is 0 Å². The molecule has 1 rings (SSSR count). The summed E-state index contributed by atoms with van der Waals surface area (Å²) in [6.45, 7) is 4.90. The maximum Gasteiger partial charge on any atom is 0.126 e. The van der Waals surface area contributed by atoms with Gasteiger partial charge in [0.1, 0.15) is 5.82 Å². The van der Waals surface area contributed by atoms with Gasteiger partial charge in [-0.1, -0.05) is 6.07 Å². The number of aromatic nitrogens is 1. The van der Waals surface area contributed by atoms with Gasteiger partial charge < -0.3 is 10.1 Å². The Hall–Kier alpha value is -1.09. The van der Waals surface area contributed by atoms with Crippen LogP contribution in [0.3, 0.4) is 0 Å². The Morgan fingerprint density at radius 2 is 2.29 bits per heavy atom. The Kier molecular flexibility index (Phi) is 4.40. The molecule has 0 saturated heterocycles. The number of anilines is 1. The first-order valence-corrected chi connectivity index (χ1v) is 4.91. The number of ether oxygens (including phenoxy) is 1. The Morgan fingerprint density at radius 3 is 2.93 bits per heavy atom. The summed E-state index contributed by atoms with van der Waals surface area (Å²) in [6, 6.07) is 6.37. The molecule has 1 heterocycles. The second-order valence-corrected chi connectivity index (χ2v) is 3.49. The van der Waals surface area contributed by atoms with E-state index in [0.717, 1.165) is 24.5 Å². The molecule has 1 aromatic heterocycles. The van der Waals surface area contributed by atoms with Crippen molar-refractivity contribution in [2.45, 2.75) is 26.3 Å². The van der Waals surface area contributed by atoms with Crippen LogP contribution >= 0.6 is 0 Å². The van der Waals surface area contributed by atoms with Gasteiger partial charge in [-0.05, 0) is 32.4 Å².